The molecule has 1 amide bonds. The van der Waals surface area contributed by atoms with Gasteiger partial charge in [-0.3, -0.25) is 4.79 Å². The molecule has 1 aromatic rings. The van der Waals surface area contributed by atoms with Crippen LogP contribution in [0.15, 0.2) is 22.7 Å². The Balaban J connectivity index is 0.00000192. The van der Waals surface area contributed by atoms with Crippen molar-refractivity contribution in [3.05, 3.63) is 28.2 Å². The van der Waals surface area contributed by atoms with Crippen LogP contribution in [0, 0.1) is 6.92 Å². The second kappa shape index (κ2) is 8.36. The number of ether oxygens (including phenoxy) is 1. The van der Waals surface area contributed by atoms with Crippen molar-refractivity contribution in [3.63, 3.8) is 0 Å². The first-order valence-corrected chi connectivity index (χ1v) is 8.85. The Morgan fingerprint density at radius 2 is 2.13 bits per heavy atom. The Morgan fingerprint density at radius 3 is 2.91 bits per heavy atom. The van der Waals surface area contributed by atoms with E-state index in [-0.39, 0.29) is 18.3 Å². The van der Waals surface area contributed by atoms with Crippen molar-refractivity contribution in [1.82, 2.24) is 10.2 Å². The predicted molar refractivity (Wildman–Crippen MR) is 97.4 cm³/mol. The van der Waals surface area contributed by atoms with Crippen molar-refractivity contribution in [2.45, 2.75) is 44.7 Å². The SMILES string of the molecule is Cc1ccc(OCCC(=O)N2C3CCNCC2CC3)c(Br)c1.Cl. The molecule has 2 saturated heterocycles. The molecule has 3 rings (SSSR count). The summed E-state index contributed by atoms with van der Waals surface area (Å²) < 4.78 is 6.71. The number of aryl methyl sites for hydroxylation is 1. The molecule has 2 aliphatic heterocycles. The Kier molecular flexibility index (Phi) is 6.74. The Labute approximate surface area is 152 Å². The summed E-state index contributed by atoms with van der Waals surface area (Å²) in [5.41, 5.74) is 1.18. The molecule has 2 fully saturated rings. The van der Waals surface area contributed by atoms with Crippen LogP contribution in [0.2, 0.25) is 0 Å². The van der Waals surface area contributed by atoms with Crippen molar-refractivity contribution in [3.8, 4) is 5.75 Å². The molecule has 0 radical (unpaired) electrons. The van der Waals surface area contributed by atoms with Crippen LogP contribution in [0.1, 0.15) is 31.2 Å². The smallest absolute Gasteiger partial charge is 0.226 e. The summed E-state index contributed by atoms with van der Waals surface area (Å²) in [6, 6.07) is 6.80. The van der Waals surface area contributed by atoms with Crippen LogP contribution < -0.4 is 10.1 Å². The molecule has 0 spiro atoms. The lowest BCUT2D eigenvalue weighted by atomic mass is 10.1. The van der Waals surface area contributed by atoms with E-state index < -0.39 is 0 Å². The summed E-state index contributed by atoms with van der Waals surface area (Å²) in [5.74, 6) is 1.04. The zero-order chi connectivity index (χ0) is 15.5. The molecule has 2 aliphatic rings. The fraction of sp³-hybridized carbons (Fsp3) is 0.588. The molecule has 1 N–H and O–H groups in total. The monoisotopic (exact) mass is 402 g/mol. The van der Waals surface area contributed by atoms with Gasteiger partial charge in [0.2, 0.25) is 5.91 Å². The number of nitrogens with one attached hydrogen (secondary N) is 1. The summed E-state index contributed by atoms with van der Waals surface area (Å²) in [5, 5.41) is 3.43. The van der Waals surface area contributed by atoms with Gasteiger partial charge in [0.05, 0.1) is 17.5 Å². The predicted octanol–water partition coefficient (Wildman–Crippen LogP) is 3.30. The molecule has 0 aliphatic carbocycles. The number of fused-ring (bicyclic) bond motifs is 2. The summed E-state index contributed by atoms with van der Waals surface area (Å²) in [6.45, 7) is 4.44. The minimum Gasteiger partial charge on any atom is -0.492 e. The Bertz CT molecular complexity index is 541. The largest absolute Gasteiger partial charge is 0.492 e. The highest BCUT2D eigenvalue weighted by atomic mass is 79.9. The Hall–Kier alpha value is -0.780. The molecule has 128 valence electrons. The normalized spacial score (nSPS) is 23.1. The van der Waals surface area contributed by atoms with Crippen LogP contribution in [0.4, 0.5) is 0 Å². The minimum atomic E-state index is 0. The number of amides is 1. The van der Waals surface area contributed by atoms with Gasteiger partial charge in [-0.25, -0.2) is 0 Å². The van der Waals surface area contributed by atoms with E-state index in [9.17, 15) is 4.79 Å². The standard InChI is InChI=1S/C17H23BrN2O2.ClH/c1-12-2-5-16(15(18)10-12)22-9-7-17(21)20-13-3-4-14(20)11-19-8-6-13;/h2,5,10,13-14,19H,3-4,6-9,11H2,1H3;1H. The molecule has 23 heavy (non-hydrogen) atoms. The maximum Gasteiger partial charge on any atom is 0.226 e. The minimum absolute atomic E-state index is 0. The fourth-order valence-electron chi connectivity index (χ4n) is 3.49. The highest BCUT2D eigenvalue weighted by Crippen LogP contribution is 2.29. The lowest BCUT2D eigenvalue weighted by Crippen LogP contribution is -2.42. The average Bonchev–Trinajstić information content (AvgIpc) is 2.74. The van der Waals surface area contributed by atoms with E-state index in [2.05, 4.69) is 26.1 Å². The quantitative estimate of drug-likeness (QED) is 0.838. The number of hydrogen-bond donors (Lipinski definition) is 1. The summed E-state index contributed by atoms with van der Waals surface area (Å²) in [4.78, 5) is 14.7. The third-order valence-corrected chi connectivity index (χ3v) is 5.22. The van der Waals surface area contributed by atoms with E-state index in [4.69, 9.17) is 4.74 Å². The molecule has 6 heteroatoms. The number of nitrogens with zero attached hydrogens (tertiary/aromatic N) is 1. The molecule has 2 bridgehead atoms. The van der Waals surface area contributed by atoms with E-state index in [1.54, 1.807) is 0 Å². The van der Waals surface area contributed by atoms with E-state index in [0.717, 1.165) is 42.6 Å². The van der Waals surface area contributed by atoms with E-state index in [0.29, 0.717) is 25.1 Å². The topological polar surface area (TPSA) is 41.6 Å². The molecule has 2 atom stereocenters. The summed E-state index contributed by atoms with van der Waals surface area (Å²) >= 11 is 3.50. The molecule has 1 aromatic carbocycles. The maximum absolute atomic E-state index is 12.5. The molecule has 0 saturated carbocycles. The van der Waals surface area contributed by atoms with Crippen molar-refractivity contribution in [1.29, 1.82) is 0 Å². The van der Waals surface area contributed by atoms with Gasteiger partial charge in [0.1, 0.15) is 5.75 Å². The van der Waals surface area contributed by atoms with Gasteiger partial charge in [-0.05, 0) is 66.4 Å². The molecular formula is C17H24BrClN2O2. The summed E-state index contributed by atoms with van der Waals surface area (Å²) in [6.07, 6.45) is 3.82. The third-order valence-electron chi connectivity index (χ3n) is 4.60. The molecule has 0 aromatic heterocycles. The zero-order valence-electron chi connectivity index (χ0n) is 13.4. The first-order valence-electron chi connectivity index (χ1n) is 8.06. The van der Waals surface area contributed by atoms with Crippen LogP contribution in [0.3, 0.4) is 0 Å². The number of carbonyl (C=O) groups excluding carboxylic acids is 1. The van der Waals surface area contributed by atoms with E-state index in [1.165, 1.54) is 5.56 Å². The van der Waals surface area contributed by atoms with Gasteiger partial charge < -0.3 is 15.0 Å². The lowest BCUT2D eigenvalue weighted by Gasteiger charge is -2.28. The van der Waals surface area contributed by atoms with Crippen LogP contribution in [-0.2, 0) is 4.79 Å². The number of carbonyl (C=O) groups is 1. The van der Waals surface area contributed by atoms with Crippen molar-refractivity contribution in [2.24, 2.45) is 0 Å². The fourth-order valence-corrected chi connectivity index (χ4v) is 4.10. The van der Waals surface area contributed by atoms with Crippen LogP contribution >= 0.6 is 28.3 Å². The first kappa shape index (κ1) is 18.6. The second-order valence-corrected chi connectivity index (χ2v) is 7.07. The Morgan fingerprint density at radius 1 is 1.35 bits per heavy atom. The molecule has 4 nitrogen and oxygen atoms in total. The van der Waals surface area contributed by atoms with Gasteiger partial charge in [0.15, 0.2) is 0 Å². The summed E-state index contributed by atoms with van der Waals surface area (Å²) in [7, 11) is 0. The van der Waals surface area contributed by atoms with Crippen molar-refractivity contribution < 1.29 is 9.53 Å². The highest BCUT2D eigenvalue weighted by Gasteiger charge is 2.37. The second-order valence-electron chi connectivity index (χ2n) is 6.21. The van der Waals surface area contributed by atoms with Gasteiger partial charge in [0, 0.05) is 18.6 Å². The zero-order valence-corrected chi connectivity index (χ0v) is 15.8. The van der Waals surface area contributed by atoms with Gasteiger partial charge in [0.25, 0.3) is 0 Å². The molecule has 2 unspecified atom stereocenters. The number of halogens is 2. The lowest BCUT2D eigenvalue weighted by molar-refractivity contribution is -0.134. The van der Waals surface area contributed by atoms with E-state index >= 15 is 0 Å². The van der Waals surface area contributed by atoms with Gasteiger partial charge in [-0.2, -0.15) is 0 Å². The highest BCUT2D eigenvalue weighted by molar-refractivity contribution is 9.10. The average molecular weight is 404 g/mol. The third kappa shape index (κ3) is 4.40. The van der Waals surface area contributed by atoms with Crippen molar-refractivity contribution in [2.75, 3.05) is 19.7 Å². The van der Waals surface area contributed by atoms with Crippen LogP contribution in [0.5, 0.6) is 5.75 Å². The maximum atomic E-state index is 12.5. The number of rotatable bonds is 4. The first-order chi connectivity index (χ1) is 10.6. The molecular weight excluding hydrogens is 380 g/mol. The van der Waals surface area contributed by atoms with Crippen LogP contribution in [0.25, 0.3) is 0 Å². The molecule has 2 heterocycles. The van der Waals surface area contributed by atoms with Gasteiger partial charge in [-0.1, -0.05) is 6.07 Å². The van der Waals surface area contributed by atoms with Crippen molar-refractivity contribution >= 4 is 34.2 Å². The van der Waals surface area contributed by atoms with E-state index in [1.807, 2.05) is 25.1 Å². The van der Waals surface area contributed by atoms with Gasteiger partial charge >= 0.3 is 0 Å². The van der Waals surface area contributed by atoms with Gasteiger partial charge in [-0.15, -0.1) is 12.4 Å². The number of hydrogen-bond acceptors (Lipinski definition) is 3. The van der Waals surface area contributed by atoms with Crippen LogP contribution in [-0.4, -0.2) is 42.6 Å². The number of benzene rings is 1.